The van der Waals surface area contributed by atoms with E-state index in [2.05, 4.69) is 15.9 Å². The highest BCUT2D eigenvalue weighted by Gasteiger charge is 2.26. The molecule has 2 aromatic carbocycles. The molecule has 2 aromatic rings. The molecule has 1 amide bonds. The van der Waals surface area contributed by atoms with E-state index in [-0.39, 0.29) is 12.4 Å². The molecule has 0 bridgehead atoms. The van der Waals surface area contributed by atoms with Gasteiger partial charge < -0.3 is 4.74 Å². The molecule has 0 saturated heterocycles. The summed E-state index contributed by atoms with van der Waals surface area (Å²) < 4.78 is 19.7. The summed E-state index contributed by atoms with van der Waals surface area (Å²) in [6.45, 7) is 0.749. The van der Waals surface area contributed by atoms with Gasteiger partial charge in [-0.3, -0.25) is 4.90 Å². The van der Waals surface area contributed by atoms with E-state index < -0.39 is 6.09 Å². The average molecular weight is 364 g/mol. The summed E-state index contributed by atoms with van der Waals surface area (Å²) in [6.07, 6.45) is 1.21. The van der Waals surface area contributed by atoms with Crippen molar-refractivity contribution in [3.8, 4) is 0 Å². The molecule has 1 aliphatic heterocycles. The molecule has 0 atom stereocenters. The molecule has 1 heterocycles. The molecule has 0 aliphatic carbocycles. The number of amides is 1. The van der Waals surface area contributed by atoms with Crippen LogP contribution < -0.4 is 4.90 Å². The first-order valence-electron chi connectivity index (χ1n) is 7.11. The zero-order valence-electron chi connectivity index (χ0n) is 11.9. The highest BCUT2D eigenvalue weighted by Crippen LogP contribution is 2.34. The number of carbonyl (C=O) groups is 1. The Kier molecular flexibility index (Phi) is 4.43. The first-order valence-corrected chi connectivity index (χ1v) is 7.90. The average Bonchev–Trinajstić information content (AvgIpc) is 2.53. The van der Waals surface area contributed by atoms with E-state index in [1.165, 1.54) is 17.0 Å². The number of benzene rings is 2. The normalized spacial score (nSPS) is 13.6. The molecule has 0 fully saturated rings. The molecule has 114 valence electrons. The minimum absolute atomic E-state index is 0.210. The number of nitrogens with zero attached hydrogens (tertiary/aromatic N) is 1. The van der Waals surface area contributed by atoms with Crippen molar-refractivity contribution in [1.29, 1.82) is 0 Å². The van der Waals surface area contributed by atoms with Crippen LogP contribution in [0.1, 0.15) is 17.5 Å². The molecule has 0 spiro atoms. The summed E-state index contributed by atoms with van der Waals surface area (Å²) in [5, 5.41) is 0. The van der Waals surface area contributed by atoms with Crippen LogP contribution >= 0.6 is 15.9 Å². The molecule has 1 aliphatic rings. The summed E-state index contributed by atoms with van der Waals surface area (Å²) in [5.41, 5.74) is 2.47. The SMILES string of the molecule is O=C(OCc1ccccc1)N1CCCc2c(Br)cc(F)cc21. The lowest BCUT2D eigenvalue weighted by molar-refractivity contribution is 0.146. The number of rotatable bonds is 2. The van der Waals surface area contributed by atoms with E-state index >= 15 is 0 Å². The Labute approximate surface area is 136 Å². The van der Waals surface area contributed by atoms with Crippen LogP contribution in [-0.2, 0) is 17.8 Å². The second-order valence-electron chi connectivity index (χ2n) is 5.18. The second-order valence-corrected chi connectivity index (χ2v) is 6.04. The quantitative estimate of drug-likeness (QED) is 0.775. The number of fused-ring (bicyclic) bond motifs is 1. The molecule has 0 radical (unpaired) electrons. The Morgan fingerprint density at radius 2 is 2.05 bits per heavy atom. The van der Waals surface area contributed by atoms with Gasteiger partial charge in [-0.1, -0.05) is 46.3 Å². The maximum atomic E-state index is 13.6. The van der Waals surface area contributed by atoms with Gasteiger partial charge in [0.25, 0.3) is 0 Å². The lowest BCUT2D eigenvalue weighted by Gasteiger charge is -2.29. The van der Waals surface area contributed by atoms with Gasteiger partial charge in [0.05, 0.1) is 5.69 Å². The summed E-state index contributed by atoms with van der Waals surface area (Å²) in [6, 6.07) is 12.3. The standard InChI is InChI=1S/C17H15BrFNO2/c18-15-9-13(19)10-16-14(15)7-4-8-20(16)17(21)22-11-12-5-2-1-3-6-12/h1-3,5-6,9-10H,4,7-8,11H2. The van der Waals surface area contributed by atoms with Crippen molar-refractivity contribution in [2.24, 2.45) is 0 Å². The molecule has 0 N–H and O–H groups in total. The molecule has 22 heavy (non-hydrogen) atoms. The molecular formula is C17H15BrFNO2. The minimum Gasteiger partial charge on any atom is -0.444 e. The minimum atomic E-state index is -0.442. The van der Waals surface area contributed by atoms with Gasteiger partial charge in [0.1, 0.15) is 12.4 Å². The van der Waals surface area contributed by atoms with Gasteiger partial charge in [-0.2, -0.15) is 0 Å². The number of ether oxygens (including phenoxy) is 1. The Morgan fingerprint density at radius 3 is 2.82 bits per heavy atom. The van der Waals surface area contributed by atoms with Crippen molar-refractivity contribution in [1.82, 2.24) is 0 Å². The summed E-state index contributed by atoms with van der Waals surface area (Å²) >= 11 is 3.37. The molecule has 0 saturated carbocycles. The van der Waals surface area contributed by atoms with E-state index in [1.807, 2.05) is 30.3 Å². The van der Waals surface area contributed by atoms with Gasteiger partial charge in [0, 0.05) is 11.0 Å². The monoisotopic (exact) mass is 363 g/mol. The fourth-order valence-electron chi connectivity index (χ4n) is 2.60. The third-order valence-corrected chi connectivity index (χ3v) is 4.37. The lowest BCUT2D eigenvalue weighted by Crippen LogP contribution is -2.36. The van der Waals surface area contributed by atoms with Crippen LogP contribution in [0.5, 0.6) is 0 Å². The summed E-state index contributed by atoms with van der Waals surface area (Å²) in [7, 11) is 0. The molecule has 0 unspecified atom stereocenters. The van der Waals surface area contributed by atoms with Crippen LogP contribution in [0.15, 0.2) is 46.9 Å². The fraction of sp³-hybridized carbons (Fsp3) is 0.235. The number of anilines is 1. The first kappa shape index (κ1) is 15.0. The van der Waals surface area contributed by atoms with Gasteiger partial charge in [-0.05, 0) is 36.1 Å². The molecule has 3 rings (SSSR count). The van der Waals surface area contributed by atoms with E-state index in [4.69, 9.17) is 4.74 Å². The Hall–Kier alpha value is -1.88. The number of halogens is 2. The molecular weight excluding hydrogens is 349 g/mol. The van der Waals surface area contributed by atoms with Crippen LogP contribution in [0, 0.1) is 5.82 Å². The van der Waals surface area contributed by atoms with Gasteiger partial charge >= 0.3 is 6.09 Å². The zero-order chi connectivity index (χ0) is 15.5. The lowest BCUT2D eigenvalue weighted by atomic mass is 10.0. The van der Waals surface area contributed by atoms with Crippen LogP contribution in [0.2, 0.25) is 0 Å². The van der Waals surface area contributed by atoms with Crippen molar-refractivity contribution in [3.05, 3.63) is 63.9 Å². The topological polar surface area (TPSA) is 29.5 Å². The smallest absolute Gasteiger partial charge is 0.414 e. The van der Waals surface area contributed by atoms with E-state index in [1.54, 1.807) is 0 Å². The van der Waals surface area contributed by atoms with E-state index in [9.17, 15) is 9.18 Å². The highest BCUT2D eigenvalue weighted by atomic mass is 79.9. The van der Waals surface area contributed by atoms with Crippen LogP contribution in [0.3, 0.4) is 0 Å². The van der Waals surface area contributed by atoms with E-state index in [0.29, 0.717) is 16.7 Å². The molecule has 3 nitrogen and oxygen atoms in total. The van der Waals surface area contributed by atoms with Gasteiger partial charge in [0.15, 0.2) is 0 Å². The third-order valence-electron chi connectivity index (χ3n) is 3.66. The molecule has 5 heteroatoms. The highest BCUT2D eigenvalue weighted by molar-refractivity contribution is 9.10. The zero-order valence-corrected chi connectivity index (χ0v) is 13.5. The first-order chi connectivity index (χ1) is 10.6. The maximum absolute atomic E-state index is 13.6. The Balaban J connectivity index is 1.77. The third kappa shape index (κ3) is 3.14. The van der Waals surface area contributed by atoms with Gasteiger partial charge in [0.2, 0.25) is 0 Å². The predicted octanol–water partition coefficient (Wildman–Crippen LogP) is 4.68. The van der Waals surface area contributed by atoms with Crippen molar-refractivity contribution >= 4 is 27.7 Å². The van der Waals surface area contributed by atoms with Gasteiger partial charge in [-0.25, -0.2) is 9.18 Å². The van der Waals surface area contributed by atoms with Crippen molar-refractivity contribution < 1.29 is 13.9 Å². The van der Waals surface area contributed by atoms with Crippen molar-refractivity contribution in [2.45, 2.75) is 19.4 Å². The van der Waals surface area contributed by atoms with Gasteiger partial charge in [-0.15, -0.1) is 0 Å². The summed E-state index contributed by atoms with van der Waals surface area (Å²) in [4.78, 5) is 13.8. The Morgan fingerprint density at radius 1 is 1.27 bits per heavy atom. The largest absolute Gasteiger partial charge is 0.444 e. The van der Waals surface area contributed by atoms with Crippen LogP contribution in [0.4, 0.5) is 14.9 Å². The number of carbonyl (C=O) groups excluding carboxylic acids is 1. The van der Waals surface area contributed by atoms with Crippen LogP contribution in [-0.4, -0.2) is 12.6 Å². The van der Waals surface area contributed by atoms with Crippen molar-refractivity contribution in [3.63, 3.8) is 0 Å². The molecule has 0 aromatic heterocycles. The Bertz CT molecular complexity index is 691. The predicted molar refractivity (Wildman–Crippen MR) is 86.4 cm³/mol. The fourth-order valence-corrected chi connectivity index (χ4v) is 3.22. The maximum Gasteiger partial charge on any atom is 0.414 e. The number of hydrogen-bond donors (Lipinski definition) is 0. The van der Waals surface area contributed by atoms with Crippen LogP contribution in [0.25, 0.3) is 0 Å². The summed E-state index contributed by atoms with van der Waals surface area (Å²) in [5.74, 6) is -0.367. The van der Waals surface area contributed by atoms with E-state index in [0.717, 1.165) is 24.0 Å². The van der Waals surface area contributed by atoms with Crippen molar-refractivity contribution in [2.75, 3.05) is 11.4 Å². The number of hydrogen-bond acceptors (Lipinski definition) is 2. The second kappa shape index (κ2) is 6.48.